The zero-order valence-electron chi connectivity index (χ0n) is 16.2. The summed E-state index contributed by atoms with van der Waals surface area (Å²) in [6.07, 6.45) is 0.592. The zero-order chi connectivity index (χ0) is 22.4. The van der Waals surface area contributed by atoms with Gasteiger partial charge in [-0.25, -0.2) is 13.1 Å². The lowest BCUT2D eigenvalue weighted by atomic mass is 10.1. The summed E-state index contributed by atoms with van der Waals surface area (Å²) in [6.45, 7) is 0.366. The van der Waals surface area contributed by atoms with E-state index in [4.69, 9.17) is 0 Å². The highest BCUT2D eigenvalue weighted by Gasteiger charge is 2.25. The predicted octanol–water partition coefficient (Wildman–Crippen LogP) is 3.61. The van der Waals surface area contributed by atoms with Crippen LogP contribution in [0.1, 0.15) is 15.9 Å². The Kier molecular flexibility index (Phi) is 6.93. The van der Waals surface area contributed by atoms with Gasteiger partial charge in [-0.05, 0) is 36.2 Å². The highest BCUT2D eigenvalue weighted by Crippen LogP contribution is 2.32. The van der Waals surface area contributed by atoms with Crippen molar-refractivity contribution in [2.45, 2.75) is 11.3 Å². The van der Waals surface area contributed by atoms with E-state index < -0.39 is 31.4 Å². The number of amides is 1. The number of carbonyl (C=O) groups is 1. The van der Waals surface area contributed by atoms with Crippen molar-refractivity contribution >= 4 is 40.1 Å². The largest absolute Gasteiger partial charge is 0.312 e. The van der Waals surface area contributed by atoms with Gasteiger partial charge in [0.05, 0.1) is 9.82 Å². The molecule has 31 heavy (non-hydrogen) atoms. The number of hydrogen-bond donors (Lipinski definition) is 2. The molecule has 0 bridgehead atoms. The van der Waals surface area contributed by atoms with Crippen LogP contribution in [0.3, 0.4) is 0 Å². The second-order valence-electron chi connectivity index (χ2n) is 6.57. The van der Waals surface area contributed by atoms with E-state index in [0.29, 0.717) is 13.0 Å². The molecule has 0 aliphatic heterocycles. The Balaban J connectivity index is 1.82. The Labute approximate surface area is 185 Å². The molecule has 3 aromatic carbocycles. The average Bonchev–Trinajstić information content (AvgIpc) is 2.78. The molecule has 0 aliphatic rings. The Morgan fingerprint density at radius 1 is 1.00 bits per heavy atom. The predicted molar refractivity (Wildman–Crippen MR) is 121 cm³/mol. The van der Waals surface area contributed by atoms with Crippen LogP contribution in [0.5, 0.6) is 0 Å². The number of hydrogen-bond acceptors (Lipinski definition) is 7. The summed E-state index contributed by atoms with van der Waals surface area (Å²) in [5.74, 6) is -0.828. The van der Waals surface area contributed by atoms with E-state index in [1.807, 2.05) is 35.1 Å². The van der Waals surface area contributed by atoms with Gasteiger partial charge in [-0.2, -0.15) is 0 Å². The molecule has 1 amide bonds. The van der Waals surface area contributed by atoms with Crippen molar-refractivity contribution < 1.29 is 18.1 Å². The molecule has 0 unspecified atom stereocenters. The topological polar surface area (TPSA) is 110 Å². The normalized spacial score (nSPS) is 11.0. The van der Waals surface area contributed by atoms with Crippen LogP contribution in [-0.2, 0) is 16.4 Å². The summed E-state index contributed by atoms with van der Waals surface area (Å²) in [4.78, 5) is 22.7. The minimum atomic E-state index is -4.31. The second-order valence-corrected chi connectivity index (χ2v) is 8.73. The van der Waals surface area contributed by atoms with Crippen molar-refractivity contribution in [3.8, 4) is 0 Å². The number of nitrogens with zero attached hydrogens (tertiary/aromatic N) is 2. The molecule has 0 saturated carbocycles. The Bertz CT molecular complexity index is 1190. The van der Waals surface area contributed by atoms with Crippen molar-refractivity contribution in [1.82, 2.24) is 4.72 Å². The number of anilines is 1. The summed E-state index contributed by atoms with van der Waals surface area (Å²) in [5.41, 5.74) is 0.905. The SMILES string of the molecule is O=C(NS(=O)(=O)c1ccc(N(S)CCc2ccccc2)c([N+](=O)[O-])c1)c1ccccc1. The molecule has 0 fully saturated rings. The highest BCUT2D eigenvalue weighted by molar-refractivity contribution is 7.90. The van der Waals surface area contributed by atoms with Crippen molar-refractivity contribution in [3.63, 3.8) is 0 Å². The molecule has 0 atom stereocenters. The van der Waals surface area contributed by atoms with E-state index in [1.165, 1.54) is 28.6 Å². The first kappa shape index (κ1) is 22.3. The third-order valence-electron chi connectivity index (χ3n) is 4.45. The summed E-state index contributed by atoms with van der Waals surface area (Å²) >= 11 is 4.33. The molecule has 0 heterocycles. The van der Waals surface area contributed by atoms with Gasteiger partial charge < -0.3 is 4.31 Å². The first-order valence-corrected chi connectivity index (χ1v) is 11.1. The van der Waals surface area contributed by atoms with Crippen molar-refractivity contribution in [2.24, 2.45) is 0 Å². The molecule has 0 spiro atoms. The number of rotatable bonds is 8. The fourth-order valence-electron chi connectivity index (χ4n) is 2.86. The number of nitrogens with one attached hydrogen (secondary N) is 1. The van der Waals surface area contributed by atoms with Crippen molar-refractivity contribution in [2.75, 3.05) is 10.8 Å². The summed E-state index contributed by atoms with van der Waals surface area (Å²) < 4.78 is 28.5. The van der Waals surface area contributed by atoms with Gasteiger partial charge >= 0.3 is 0 Å². The van der Waals surface area contributed by atoms with Crippen LogP contribution in [0.25, 0.3) is 0 Å². The van der Waals surface area contributed by atoms with E-state index in [9.17, 15) is 23.3 Å². The first-order valence-electron chi connectivity index (χ1n) is 9.19. The monoisotopic (exact) mass is 457 g/mol. The molecule has 0 aliphatic carbocycles. The quantitative estimate of drug-likeness (QED) is 0.304. The average molecular weight is 458 g/mol. The Hall–Kier alpha value is -3.37. The second kappa shape index (κ2) is 9.63. The van der Waals surface area contributed by atoms with Crippen LogP contribution >= 0.6 is 12.8 Å². The third-order valence-corrected chi connectivity index (χ3v) is 6.19. The standard InChI is InChI=1S/C21H19N3O5S2/c25-21(17-9-5-2-6-10-17)22-31(28,29)18-11-12-19(20(15-18)24(26)27)23(30)14-13-16-7-3-1-4-8-16/h1-12,15,30H,13-14H2,(H,22,25). The molecular formula is C21H19N3O5S2. The van der Waals surface area contributed by atoms with Gasteiger partial charge in [0.15, 0.2) is 0 Å². The smallest absolute Gasteiger partial charge is 0.294 e. The molecule has 3 rings (SSSR count). The van der Waals surface area contributed by atoms with Gasteiger partial charge in [0.2, 0.25) is 0 Å². The Morgan fingerprint density at radius 3 is 2.23 bits per heavy atom. The molecule has 8 nitrogen and oxygen atoms in total. The fraction of sp³-hybridized carbons (Fsp3) is 0.0952. The summed E-state index contributed by atoms with van der Waals surface area (Å²) in [6, 6.07) is 20.8. The van der Waals surface area contributed by atoms with E-state index in [0.717, 1.165) is 11.6 Å². The molecule has 0 saturated heterocycles. The van der Waals surface area contributed by atoms with Crippen LogP contribution < -0.4 is 9.03 Å². The first-order chi connectivity index (χ1) is 14.8. The number of thiol groups is 1. The van der Waals surface area contributed by atoms with Gasteiger partial charge in [-0.3, -0.25) is 14.9 Å². The van der Waals surface area contributed by atoms with Crippen LogP contribution in [0.15, 0.2) is 83.8 Å². The third kappa shape index (κ3) is 5.62. The summed E-state index contributed by atoms with van der Waals surface area (Å²) in [7, 11) is -4.31. The van der Waals surface area contributed by atoms with Crippen LogP contribution in [0.4, 0.5) is 11.4 Å². The van der Waals surface area contributed by atoms with E-state index in [1.54, 1.807) is 18.2 Å². The van der Waals surface area contributed by atoms with Crippen LogP contribution in [-0.4, -0.2) is 25.8 Å². The molecule has 3 aromatic rings. The number of carbonyl (C=O) groups excluding carboxylic acids is 1. The van der Waals surface area contributed by atoms with Gasteiger partial charge in [0.25, 0.3) is 21.6 Å². The van der Waals surface area contributed by atoms with Crippen molar-refractivity contribution in [3.05, 3.63) is 100 Å². The van der Waals surface area contributed by atoms with Crippen LogP contribution in [0, 0.1) is 10.1 Å². The van der Waals surface area contributed by atoms with E-state index in [2.05, 4.69) is 12.8 Å². The van der Waals surface area contributed by atoms with Gasteiger partial charge in [-0.15, -0.1) is 0 Å². The van der Waals surface area contributed by atoms with E-state index >= 15 is 0 Å². The molecule has 0 radical (unpaired) electrons. The minimum absolute atomic E-state index is 0.151. The fourth-order valence-corrected chi connectivity index (χ4v) is 4.13. The lowest BCUT2D eigenvalue weighted by Gasteiger charge is -2.18. The lowest BCUT2D eigenvalue weighted by molar-refractivity contribution is -0.384. The molecule has 10 heteroatoms. The van der Waals surface area contributed by atoms with Crippen molar-refractivity contribution in [1.29, 1.82) is 0 Å². The minimum Gasteiger partial charge on any atom is -0.312 e. The molecule has 0 aromatic heterocycles. The lowest BCUT2D eigenvalue weighted by Crippen LogP contribution is -2.30. The Morgan fingerprint density at radius 2 is 1.61 bits per heavy atom. The maximum Gasteiger partial charge on any atom is 0.294 e. The molecular weight excluding hydrogens is 438 g/mol. The maximum absolute atomic E-state index is 12.6. The number of benzene rings is 3. The van der Waals surface area contributed by atoms with E-state index in [-0.39, 0.29) is 11.3 Å². The number of nitro benzene ring substituents is 1. The van der Waals surface area contributed by atoms with Crippen LogP contribution in [0.2, 0.25) is 0 Å². The summed E-state index contributed by atoms with van der Waals surface area (Å²) in [5, 5.41) is 11.6. The van der Waals surface area contributed by atoms with Gasteiger partial charge in [0, 0.05) is 18.2 Å². The van der Waals surface area contributed by atoms with Gasteiger partial charge in [0.1, 0.15) is 5.69 Å². The number of sulfonamides is 1. The highest BCUT2D eigenvalue weighted by atomic mass is 32.2. The zero-order valence-corrected chi connectivity index (χ0v) is 17.9. The molecule has 160 valence electrons. The maximum atomic E-state index is 12.6. The number of nitro groups is 1. The molecule has 1 N–H and O–H groups in total. The van der Waals surface area contributed by atoms with Gasteiger partial charge in [-0.1, -0.05) is 61.3 Å².